The number of rotatable bonds is 9. The number of hydrogen-bond acceptors (Lipinski definition) is 6. The number of benzene rings is 3. The highest BCUT2D eigenvalue weighted by Gasteiger charge is 2.41. The molecule has 0 amide bonds. The highest BCUT2D eigenvalue weighted by molar-refractivity contribution is 5.38. The summed E-state index contributed by atoms with van der Waals surface area (Å²) in [5.74, 6) is 0.412. The van der Waals surface area contributed by atoms with Crippen LogP contribution >= 0.6 is 0 Å². The molecule has 4 rings (SSSR count). The van der Waals surface area contributed by atoms with Gasteiger partial charge in [-0.25, -0.2) is 0 Å². The molecule has 1 aliphatic rings. The zero-order chi connectivity index (χ0) is 24.0. The van der Waals surface area contributed by atoms with E-state index in [9.17, 15) is 20.3 Å². The van der Waals surface area contributed by atoms with Crippen LogP contribution in [0.25, 0.3) is 0 Å². The second kappa shape index (κ2) is 10.8. The first-order valence-corrected chi connectivity index (χ1v) is 11.6. The zero-order valence-electron chi connectivity index (χ0n) is 19.0. The van der Waals surface area contributed by atoms with Gasteiger partial charge in [0.1, 0.15) is 24.1 Å². The van der Waals surface area contributed by atoms with Gasteiger partial charge in [-0.3, -0.25) is 10.1 Å². The first-order chi connectivity index (χ1) is 16.5. The van der Waals surface area contributed by atoms with Gasteiger partial charge in [-0.15, -0.1) is 0 Å². The van der Waals surface area contributed by atoms with Gasteiger partial charge < -0.3 is 19.8 Å². The molecular formula is C27H30N2O5. The lowest BCUT2D eigenvalue weighted by Crippen LogP contribution is -2.46. The number of aliphatic hydroxyl groups excluding tert-OH is 1. The van der Waals surface area contributed by atoms with Crippen LogP contribution in [0.1, 0.15) is 24.0 Å². The maximum atomic E-state index is 12.0. The first-order valence-electron chi connectivity index (χ1n) is 11.6. The summed E-state index contributed by atoms with van der Waals surface area (Å²) in [5, 5.41) is 33.4. The molecule has 7 heteroatoms. The van der Waals surface area contributed by atoms with Crippen molar-refractivity contribution < 1.29 is 19.9 Å². The van der Waals surface area contributed by atoms with Gasteiger partial charge in [-0.05, 0) is 49.0 Å². The number of hydrogen-bond donors (Lipinski definition) is 2. The Morgan fingerprint density at radius 1 is 0.971 bits per heavy atom. The van der Waals surface area contributed by atoms with Crippen LogP contribution in [0, 0.1) is 16.0 Å². The molecule has 1 saturated heterocycles. The molecule has 1 heterocycles. The number of likely N-dealkylation sites (tertiary alicyclic amines) is 1. The van der Waals surface area contributed by atoms with Gasteiger partial charge in [0.25, 0.3) is 5.69 Å². The van der Waals surface area contributed by atoms with Gasteiger partial charge in [0, 0.05) is 12.6 Å². The lowest BCUT2D eigenvalue weighted by atomic mass is 9.72. The molecule has 3 aromatic carbocycles. The molecule has 1 fully saturated rings. The zero-order valence-corrected chi connectivity index (χ0v) is 19.0. The smallest absolute Gasteiger partial charge is 0.273 e. The van der Waals surface area contributed by atoms with Gasteiger partial charge in [-0.1, -0.05) is 66.7 Å². The van der Waals surface area contributed by atoms with Crippen LogP contribution in [-0.2, 0) is 5.60 Å². The largest absolute Gasteiger partial charge is 0.491 e. The summed E-state index contributed by atoms with van der Waals surface area (Å²) in [6.07, 6.45) is 0.857. The monoisotopic (exact) mass is 462 g/mol. The van der Waals surface area contributed by atoms with E-state index in [0.29, 0.717) is 12.3 Å². The molecule has 2 N–H and O–H groups in total. The Hall–Kier alpha value is -3.26. The molecule has 0 spiro atoms. The van der Waals surface area contributed by atoms with Gasteiger partial charge in [0.2, 0.25) is 0 Å². The number of nitro benzene ring substituents is 1. The van der Waals surface area contributed by atoms with Gasteiger partial charge in [-0.2, -0.15) is 0 Å². The van der Waals surface area contributed by atoms with Crippen molar-refractivity contribution >= 4 is 5.69 Å². The van der Waals surface area contributed by atoms with E-state index < -0.39 is 16.6 Å². The van der Waals surface area contributed by atoms with Crippen molar-refractivity contribution in [2.24, 2.45) is 5.92 Å². The lowest BCUT2D eigenvalue weighted by Gasteiger charge is -2.42. The summed E-state index contributed by atoms with van der Waals surface area (Å²) < 4.78 is 5.57. The molecule has 0 saturated carbocycles. The van der Waals surface area contributed by atoms with Crippen molar-refractivity contribution in [1.29, 1.82) is 0 Å². The minimum absolute atomic E-state index is 0.0432. The lowest BCUT2D eigenvalue weighted by molar-refractivity contribution is -0.384. The van der Waals surface area contributed by atoms with Crippen LogP contribution in [0.2, 0.25) is 0 Å². The Morgan fingerprint density at radius 3 is 2.12 bits per heavy atom. The molecule has 1 aliphatic heterocycles. The Bertz CT molecular complexity index is 1030. The van der Waals surface area contributed by atoms with Crippen LogP contribution in [0.4, 0.5) is 5.69 Å². The van der Waals surface area contributed by atoms with Crippen molar-refractivity contribution in [2.75, 3.05) is 26.2 Å². The minimum atomic E-state index is -1.07. The summed E-state index contributed by atoms with van der Waals surface area (Å²) in [6.45, 7) is 2.00. The molecule has 178 valence electrons. The Balaban J connectivity index is 1.35. The maximum absolute atomic E-state index is 12.0. The van der Waals surface area contributed by atoms with Crippen molar-refractivity contribution in [1.82, 2.24) is 4.90 Å². The number of nitrogens with zero attached hydrogens (tertiary/aromatic N) is 2. The Labute approximate surface area is 199 Å². The molecule has 0 unspecified atom stereocenters. The number of non-ortho nitro benzene ring substituents is 1. The first kappa shape index (κ1) is 23.9. The number of nitro groups is 1. The average Bonchev–Trinajstić information content (AvgIpc) is 2.88. The summed E-state index contributed by atoms with van der Waals surface area (Å²) in [7, 11) is 0. The van der Waals surface area contributed by atoms with E-state index in [2.05, 4.69) is 4.90 Å². The third kappa shape index (κ3) is 5.44. The van der Waals surface area contributed by atoms with E-state index in [0.717, 1.165) is 37.1 Å². The minimum Gasteiger partial charge on any atom is -0.491 e. The van der Waals surface area contributed by atoms with Crippen LogP contribution in [-0.4, -0.2) is 52.4 Å². The Kier molecular flexibility index (Phi) is 7.57. The predicted octanol–water partition coefficient (Wildman–Crippen LogP) is 3.98. The molecule has 0 radical (unpaired) electrons. The third-order valence-corrected chi connectivity index (χ3v) is 6.55. The van der Waals surface area contributed by atoms with Gasteiger partial charge in [0.05, 0.1) is 11.0 Å². The molecule has 3 aromatic rings. The second-order valence-corrected chi connectivity index (χ2v) is 8.79. The molecule has 7 nitrogen and oxygen atoms in total. The number of piperidine rings is 1. The van der Waals surface area contributed by atoms with Gasteiger partial charge in [0.15, 0.2) is 0 Å². The number of ether oxygens (including phenoxy) is 1. The topological polar surface area (TPSA) is 96.1 Å². The Morgan fingerprint density at radius 2 is 1.56 bits per heavy atom. The number of β-amino-alcohol motifs (C(OH)–C–C–N with tert-alkyl or cyclic N) is 1. The number of aliphatic hydroxyl groups is 2. The normalized spacial score (nSPS) is 16.2. The summed E-state index contributed by atoms with van der Waals surface area (Å²) >= 11 is 0. The predicted molar refractivity (Wildman–Crippen MR) is 130 cm³/mol. The van der Waals surface area contributed by atoms with E-state index in [-0.39, 0.29) is 18.2 Å². The van der Waals surface area contributed by atoms with Crippen LogP contribution in [0.3, 0.4) is 0 Å². The fraction of sp³-hybridized carbons (Fsp3) is 0.333. The van der Waals surface area contributed by atoms with E-state index in [4.69, 9.17) is 4.74 Å². The summed E-state index contributed by atoms with van der Waals surface area (Å²) in [6, 6.07) is 25.6. The fourth-order valence-corrected chi connectivity index (χ4v) is 4.79. The van der Waals surface area contributed by atoms with E-state index in [1.165, 1.54) is 12.1 Å². The summed E-state index contributed by atoms with van der Waals surface area (Å²) in [4.78, 5) is 12.6. The van der Waals surface area contributed by atoms with Crippen molar-refractivity contribution in [3.8, 4) is 5.75 Å². The standard InChI is InChI=1S/C27H30N2O5/c30-25(20-34-26-13-7-12-24(18-26)29(32)33)19-28-16-14-23(15-17-28)27(31,21-8-3-1-4-9-21)22-10-5-2-6-11-22/h1-13,18,23,25,30-31H,14-17,19-20H2/t25-/m0/s1. The molecule has 34 heavy (non-hydrogen) atoms. The van der Waals surface area contributed by atoms with Crippen LogP contribution in [0.5, 0.6) is 5.75 Å². The fourth-order valence-electron chi connectivity index (χ4n) is 4.79. The molecular weight excluding hydrogens is 432 g/mol. The van der Waals surface area contributed by atoms with Crippen molar-refractivity contribution in [3.63, 3.8) is 0 Å². The highest BCUT2D eigenvalue weighted by atomic mass is 16.6. The quantitative estimate of drug-likeness (QED) is 0.369. The second-order valence-electron chi connectivity index (χ2n) is 8.79. The molecule has 1 atom stereocenters. The summed E-state index contributed by atoms with van der Waals surface area (Å²) in [5.41, 5.74) is 0.673. The molecule has 0 aromatic heterocycles. The van der Waals surface area contributed by atoms with Crippen LogP contribution in [0.15, 0.2) is 84.9 Å². The van der Waals surface area contributed by atoms with Crippen molar-refractivity contribution in [3.05, 3.63) is 106 Å². The van der Waals surface area contributed by atoms with E-state index in [1.54, 1.807) is 12.1 Å². The average molecular weight is 463 g/mol. The maximum Gasteiger partial charge on any atom is 0.273 e. The highest BCUT2D eigenvalue weighted by Crippen LogP contribution is 2.41. The SMILES string of the molecule is O=[N+]([O-])c1cccc(OC[C@@H](O)CN2CCC(C(O)(c3ccccc3)c3ccccc3)CC2)c1. The van der Waals surface area contributed by atoms with Crippen molar-refractivity contribution in [2.45, 2.75) is 24.5 Å². The van der Waals surface area contributed by atoms with E-state index >= 15 is 0 Å². The molecule has 0 bridgehead atoms. The van der Waals surface area contributed by atoms with Crippen LogP contribution < -0.4 is 4.74 Å². The molecule has 0 aliphatic carbocycles. The van der Waals surface area contributed by atoms with Gasteiger partial charge >= 0.3 is 0 Å². The third-order valence-electron chi connectivity index (χ3n) is 6.55. The van der Waals surface area contributed by atoms with E-state index in [1.807, 2.05) is 60.7 Å².